The van der Waals surface area contributed by atoms with E-state index >= 15 is 0 Å². The topological polar surface area (TPSA) is 49.4 Å². The Hall–Kier alpha value is -1.27. The number of benzene rings is 1. The smallest absolute Gasteiger partial charge is 0.299 e. The summed E-state index contributed by atoms with van der Waals surface area (Å²) in [5, 5.41) is 3.36. The molecule has 0 saturated heterocycles. The summed E-state index contributed by atoms with van der Waals surface area (Å²) < 4.78 is 13.8. The highest BCUT2D eigenvalue weighted by molar-refractivity contribution is 9.10. The molecule has 0 aromatic heterocycles. The normalized spacial score (nSPS) is 17.8. The molecule has 3 rings (SSSR count). The summed E-state index contributed by atoms with van der Waals surface area (Å²) in [6.07, 6.45) is 3.20. The van der Waals surface area contributed by atoms with Crippen molar-refractivity contribution >= 4 is 33.3 Å². The molecule has 1 aliphatic carbocycles. The summed E-state index contributed by atoms with van der Waals surface area (Å²) in [6.45, 7) is 1.28. The van der Waals surface area contributed by atoms with Crippen LogP contribution in [0.25, 0.3) is 0 Å². The number of ketones is 1. The fraction of sp³-hybridized carbons (Fsp3) is 0.429. The molecule has 0 radical (unpaired) electrons. The minimum Gasteiger partial charge on any atom is -0.314 e. The Morgan fingerprint density at radius 3 is 2.80 bits per heavy atom. The van der Waals surface area contributed by atoms with Crippen LogP contribution in [0.1, 0.15) is 29.6 Å². The third-order valence-electron chi connectivity index (χ3n) is 3.55. The third-order valence-corrected chi connectivity index (χ3v) is 4.16. The molecule has 1 fully saturated rings. The van der Waals surface area contributed by atoms with E-state index < -0.39 is 17.5 Å². The molecular formula is C14H14BrFN2O2. The van der Waals surface area contributed by atoms with E-state index in [0.29, 0.717) is 22.7 Å². The largest absolute Gasteiger partial charge is 0.314 e. The number of halogens is 2. The lowest BCUT2D eigenvalue weighted by atomic mass is 10.1. The SMILES string of the molecule is O=C1C(=O)N(CCCNC2CC2)c2c(Br)cc(F)cc21. The predicted octanol–water partition coefficient (Wildman–Crippen LogP) is 2.26. The number of anilines is 1. The molecule has 1 N–H and O–H groups in total. The van der Waals surface area contributed by atoms with E-state index in [0.717, 1.165) is 19.0 Å². The number of amides is 1. The van der Waals surface area contributed by atoms with Crippen LogP contribution in [0.3, 0.4) is 0 Å². The first-order valence-electron chi connectivity index (χ1n) is 6.66. The molecule has 0 unspecified atom stereocenters. The van der Waals surface area contributed by atoms with Crippen LogP contribution in [0.2, 0.25) is 0 Å². The van der Waals surface area contributed by atoms with Gasteiger partial charge in [0.25, 0.3) is 11.7 Å². The number of Topliss-reactive ketones (excluding diaryl/α,β-unsaturated/α-hetero) is 1. The molecule has 1 saturated carbocycles. The highest BCUT2D eigenvalue weighted by Gasteiger charge is 2.37. The molecule has 6 heteroatoms. The van der Waals surface area contributed by atoms with Gasteiger partial charge in [-0.15, -0.1) is 0 Å². The molecule has 1 aromatic carbocycles. The summed E-state index contributed by atoms with van der Waals surface area (Å²) in [6, 6.07) is 3.03. The molecule has 1 heterocycles. The summed E-state index contributed by atoms with van der Waals surface area (Å²) in [5.74, 6) is -1.72. The van der Waals surface area contributed by atoms with Crippen LogP contribution in [-0.4, -0.2) is 30.8 Å². The molecule has 4 nitrogen and oxygen atoms in total. The molecule has 0 bridgehead atoms. The lowest BCUT2D eigenvalue weighted by Gasteiger charge is -2.17. The van der Waals surface area contributed by atoms with Crippen molar-refractivity contribution in [3.05, 3.63) is 28.0 Å². The van der Waals surface area contributed by atoms with E-state index in [1.807, 2.05) is 0 Å². The summed E-state index contributed by atoms with van der Waals surface area (Å²) in [4.78, 5) is 25.3. The maximum Gasteiger partial charge on any atom is 0.299 e. The van der Waals surface area contributed by atoms with Crippen molar-refractivity contribution in [2.45, 2.75) is 25.3 Å². The maximum absolute atomic E-state index is 13.3. The predicted molar refractivity (Wildman–Crippen MR) is 76.4 cm³/mol. The average Bonchev–Trinajstić information content (AvgIpc) is 3.18. The molecular weight excluding hydrogens is 327 g/mol. The van der Waals surface area contributed by atoms with Gasteiger partial charge < -0.3 is 10.2 Å². The van der Waals surface area contributed by atoms with Crippen molar-refractivity contribution in [2.24, 2.45) is 0 Å². The maximum atomic E-state index is 13.3. The number of carbonyl (C=O) groups is 2. The fourth-order valence-corrected chi connectivity index (χ4v) is 3.04. The molecule has 0 spiro atoms. The Morgan fingerprint density at radius 1 is 1.35 bits per heavy atom. The van der Waals surface area contributed by atoms with Gasteiger partial charge in [-0.25, -0.2) is 4.39 Å². The van der Waals surface area contributed by atoms with Crippen molar-refractivity contribution in [3.8, 4) is 0 Å². The van der Waals surface area contributed by atoms with Gasteiger partial charge in [0.15, 0.2) is 0 Å². The summed E-state index contributed by atoms with van der Waals surface area (Å²) in [7, 11) is 0. The van der Waals surface area contributed by atoms with Gasteiger partial charge in [-0.05, 0) is 53.9 Å². The average molecular weight is 341 g/mol. The van der Waals surface area contributed by atoms with Crippen LogP contribution >= 0.6 is 15.9 Å². The van der Waals surface area contributed by atoms with Gasteiger partial charge in [-0.2, -0.15) is 0 Å². The molecule has 106 valence electrons. The number of nitrogens with zero attached hydrogens (tertiary/aromatic N) is 1. The highest BCUT2D eigenvalue weighted by Crippen LogP contribution is 2.36. The Morgan fingerprint density at radius 2 is 2.10 bits per heavy atom. The lowest BCUT2D eigenvalue weighted by molar-refractivity contribution is -0.114. The Balaban J connectivity index is 1.75. The Kier molecular flexibility index (Phi) is 3.60. The van der Waals surface area contributed by atoms with Crippen LogP contribution in [-0.2, 0) is 4.79 Å². The van der Waals surface area contributed by atoms with Gasteiger partial charge in [0, 0.05) is 17.1 Å². The second-order valence-corrected chi connectivity index (χ2v) is 6.01. The van der Waals surface area contributed by atoms with Gasteiger partial charge >= 0.3 is 0 Å². The molecule has 1 amide bonds. The van der Waals surface area contributed by atoms with Crippen molar-refractivity contribution < 1.29 is 14.0 Å². The van der Waals surface area contributed by atoms with E-state index in [9.17, 15) is 14.0 Å². The van der Waals surface area contributed by atoms with Crippen molar-refractivity contribution in [2.75, 3.05) is 18.0 Å². The zero-order valence-electron chi connectivity index (χ0n) is 10.8. The van der Waals surface area contributed by atoms with Gasteiger partial charge in [-0.3, -0.25) is 9.59 Å². The van der Waals surface area contributed by atoms with E-state index in [-0.39, 0.29) is 5.56 Å². The van der Waals surface area contributed by atoms with E-state index in [4.69, 9.17) is 0 Å². The van der Waals surface area contributed by atoms with E-state index in [2.05, 4.69) is 21.2 Å². The van der Waals surface area contributed by atoms with Crippen molar-refractivity contribution in [1.29, 1.82) is 0 Å². The number of carbonyl (C=O) groups excluding carboxylic acids is 2. The minimum atomic E-state index is -0.629. The van der Waals surface area contributed by atoms with E-state index in [1.54, 1.807) is 0 Å². The van der Waals surface area contributed by atoms with Gasteiger partial charge in [0.05, 0.1) is 11.3 Å². The van der Waals surface area contributed by atoms with Gasteiger partial charge in [-0.1, -0.05) is 0 Å². The van der Waals surface area contributed by atoms with Crippen LogP contribution in [0.15, 0.2) is 16.6 Å². The number of fused-ring (bicyclic) bond motifs is 1. The zero-order valence-corrected chi connectivity index (χ0v) is 12.4. The van der Waals surface area contributed by atoms with Crippen LogP contribution < -0.4 is 10.2 Å². The summed E-state index contributed by atoms with van der Waals surface area (Å²) >= 11 is 3.23. The number of rotatable bonds is 5. The van der Waals surface area contributed by atoms with Crippen LogP contribution in [0.5, 0.6) is 0 Å². The monoisotopic (exact) mass is 340 g/mol. The second-order valence-electron chi connectivity index (χ2n) is 5.15. The quantitative estimate of drug-likeness (QED) is 0.660. The van der Waals surface area contributed by atoms with Crippen molar-refractivity contribution in [1.82, 2.24) is 5.32 Å². The standard InChI is InChI=1S/C14H14BrFN2O2/c15-11-7-8(16)6-10-12(11)18(14(20)13(10)19)5-1-4-17-9-2-3-9/h6-7,9,17H,1-5H2. The third kappa shape index (κ3) is 2.50. The zero-order chi connectivity index (χ0) is 14.3. The van der Waals surface area contributed by atoms with Crippen LogP contribution in [0.4, 0.5) is 10.1 Å². The van der Waals surface area contributed by atoms with Crippen molar-refractivity contribution in [3.63, 3.8) is 0 Å². The van der Waals surface area contributed by atoms with Gasteiger partial charge in [0.1, 0.15) is 5.82 Å². The summed E-state index contributed by atoms with van der Waals surface area (Å²) in [5.41, 5.74) is 0.643. The molecule has 1 aromatic rings. The van der Waals surface area contributed by atoms with Gasteiger partial charge in [0.2, 0.25) is 0 Å². The molecule has 20 heavy (non-hydrogen) atoms. The number of hydrogen-bond acceptors (Lipinski definition) is 3. The first-order chi connectivity index (χ1) is 9.58. The molecule has 1 aliphatic heterocycles. The Bertz CT molecular complexity index is 587. The highest BCUT2D eigenvalue weighted by atomic mass is 79.9. The first kappa shape index (κ1) is 13.7. The number of nitrogens with one attached hydrogen (secondary N) is 1. The molecule has 0 atom stereocenters. The molecule has 2 aliphatic rings. The number of hydrogen-bond donors (Lipinski definition) is 1. The van der Waals surface area contributed by atoms with Crippen LogP contribution in [0, 0.1) is 5.82 Å². The Labute approximate surface area is 124 Å². The minimum absolute atomic E-state index is 0.150. The first-order valence-corrected chi connectivity index (χ1v) is 7.46. The fourth-order valence-electron chi connectivity index (χ4n) is 2.40. The second kappa shape index (κ2) is 5.26. The van der Waals surface area contributed by atoms with E-state index in [1.165, 1.54) is 23.8 Å². The lowest BCUT2D eigenvalue weighted by Crippen LogP contribution is -2.32.